The monoisotopic (exact) mass is 221 g/mol. The van der Waals surface area contributed by atoms with E-state index in [-0.39, 0.29) is 0 Å². The number of imide groups is 1. The summed E-state index contributed by atoms with van der Waals surface area (Å²) in [4.78, 5) is 34.3. The van der Waals surface area contributed by atoms with Crippen LogP contribution in [0.25, 0.3) is 0 Å². The molecule has 3 amide bonds. The van der Waals surface area contributed by atoms with Gasteiger partial charge in [-0.3, -0.25) is 19.7 Å². The number of nitrogens with one attached hydrogen (secondary N) is 2. The summed E-state index contributed by atoms with van der Waals surface area (Å²) in [5, 5.41) is 13.4. The van der Waals surface area contributed by atoms with E-state index in [0.29, 0.717) is 12.8 Å². The largest absolute Gasteiger partial charge is 0.337 e. The Morgan fingerprint density at radius 2 is 2.12 bits per heavy atom. The zero-order valence-electron chi connectivity index (χ0n) is 8.74. The van der Waals surface area contributed by atoms with Crippen molar-refractivity contribution in [3.63, 3.8) is 0 Å². The summed E-state index contributed by atoms with van der Waals surface area (Å²) >= 11 is 0. The molecule has 2 fully saturated rings. The second kappa shape index (κ2) is 3.30. The maximum absolute atomic E-state index is 11.8. The summed E-state index contributed by atoms with van der Waals surface area (Å²) in [6, 6.07) is 2.00. The van der Waals surface area contributed by atoms with Gasteiger partial charge in [0.25, 0.3) is 0 Å². The molecule has 1 aliphatic heterocycles. The second-order valence-corrected chi connectivity index (χ2v) is 4.30. The number of hydrogen-bond acceptors (Lipinski definition) is 4. The minimum atomic E-state index is -1.00. The molecule has 16 heavy (non-hydrogen) atoms. The van der Waals surface area contributed by atoms with Crippen LogP contribution in [0, 0.1) is 23.2 Å². The molecule has 2 unspecified atom stereocenters. The molecule has 0 aromatic rings. The van der Waals surface area contributed by atoms with E-state index >= 15 is 0 Å². The highest BCUT2D eigenvalue weighted by molar-refractivity contribution is 6.14. The molecule has 84 valence electrons. The molecule has 0 aromatic carbocycles. The van der Waals surface area contributed by atoms with Gasteiger partial charge >= 0.3 is 0 Å². The van der Waals surface area contributed by atoms with Gasteiger partial charge in [-0.2, -0.15) is 5.26 Å². The zero-order valence-corrected chi connectivity index (χ0v) is 8.74. The maximum atomic E-state index is 11.8. The summed E-state index contributed by atoms with van der Waals surface area (Å²) in [7, 11) is 0. The first-order valence-corrected chi connectivity index (χ1v) is 5.07. The number of carbonyl (C=O) groups excluding carboxylic acids is 3. The lowest BCUT2D eigenvalue weighted by Crippen LogP contribution is -2.43. The lowest BCUT2D eigenvalue weighted by Gasteiger charge is -2.14. The molecule has 6 nitrogen and oxygen atoms in total. The van der Waals surface area contributed by atoms with Crippen molar-refractivity contribution in [3.05, 3.63) is 0 Å². The lowest BCUT2D eigenvalue weighted by molar-refractivity contribution is -0.134. The molecular weight excluding hydrogens is 210 g/mol. The predicted octanol–water partition coefficient (Wildman–Crippen LogP) is -0.933. The quantitative estimate of drug-likeness (QED) is 0.464. The number of hydrogen-bond donors (Lipinski definition) is 2. The van der Waals surface area contributed by atoms with Crippen LogP contribution in [0.2, 0.25) is 0 Å². The van der Waals surface area contributed by atoms with E-state index in [2.05, 4.69) is 10.6 Å². The molecule has 1 heterocycles. The zero-order chi connectivity index (χ0) is 11.9. The van der Waals surface area contributed by atoms with Gasteiger partial charge in [0.05, 0.1) is 12.0 Å². The molecule has 0 aromatic heterocycles. The third kappa shape index (κ3) is 1.54. The summed E-state index contributed by atoms with van der Waals surface area (Å²) in [5.74, 6) is -3.22. The van der Waals surface area contributed by atoms with Crippen molar-refractivity contribution in [2.24, 2.45) is 11.8 Å². The van der Waals surface area contributed by atoms with Crippen LogP contribution >= 0.6 is 0 Å². The van der Waals surface area contributed by atoms with Gasteiger partial charge in [0.1, 0.15) is 11.5 Å². The van der Waals surface area contributed by atoms with Gasteiger partial charge in [0.15, 0.2) is 0 Å². The van der Waals surface area contributed by atoms with Crippen molar-refractivity contribution in [2.45, 2.75) is 25.3 Å². The first-order valence-electron chi connectivity index (χ1n) is 5.07. The maximum Gasteiger partial charge on any atom is 0.239 e. The lowest BCUT2D eigenvalue weighted by atomic mass is 9.95. The van der Waals surface area contributed by atoms with E-state index in [1.165, 1.54) is 6.92 Å². The van der Waals surface area contributed by atoms with E-state index < -0.39 is 35.1 Å². The van der Waals surface area contributed by atoms with Crippen LogP contribution in [0.15, 0.2) is 0 Å². The molecule has 6 heteroatoms. The average Bonchev–Trinajstić information content (AvgIpc) is 2.92. The Morgan fingerprint density at radius 1 is 1.50 bits per heavy atom. The highest BCUT2D eigenvalue weighted by Gasteiger charge is 2.50. The number of nitriles is 1. The molecule has 1 aliphatic carbocycles. The Bertz CT molecular complexity index is 420. The summed E-state index contributed by atoms with van der Waals surface area (Å²) in [5.41, 5.74) is -0.803. The molecule has 2 aliphatic rings. The van der Waals surface area contributed by atoms with Crippen LogP contribution in [0.5, 0.6) is 0 Å². The summed E-state index contributed by atoms with van der Waals surface area (Å²) in [6.07, 6.45) is 1.21. The average molecular weight is 221 g/mol. The van der Waals surface area contributed by atoms with Crippen LogP contribution in [0.4, 0.5) is 0 Å². The van der Waals surface area contributed by atoms with Crippen molar-refractivity contribution in [3.8, 4) is 6.07 Å². The predicted molar refractivity (Wildman–Crippen MR) is 51.5 cm³/mol. The molecule has 1 saturated carbocycles. The van der Waals surface area contributed by atoms with Crippen molar-refractivity contribution in [2.75, 3.05) is 0 Å². The van der Waals surface area contributed by atoms with E-state index in [4.69, 9.17) is 5.26 Å². The fourth-order valence-electron chi connectivity index (χ4n) is 1.74. The number of nitrogens with zero attached hydrogens (tertiary/aromatic N) is 1. The van der Waals surface area contributed by atoms with Gasteiger partial charge in [-0.05, 0) is 12.8 Å². The minimum absolute atomic E-state index is 0.438. The van der Waals surface area contributed by atoms with Gasteiger partial charge < -0.3 is 5.32 Å². The van der Waals surface area contributed by atoms with E-state index in [1.54, 1.807) is 0 Å². The second-order valence-electron chi connectivity index (χ2n) is 4.30. The molecule has 1 saturated heterocycles. The molecule has 2 atom stereocenters. The van der Waals surface area contributed by atoms with Crippen LogP contribution in [-0.2, 0) is 14.4 Å². The Balaban J connectivity index is 2.08. The van der Waals surface area contributed by atoms with Gasteiger partial charge in [0.2, 0.25) is 17.7 Å². The van der Waals surface area contributed by atoms with Crippen LogP contribution in [0.1, 0.15) is 19.8 Å². The summed E-state index contributed by atoms with van der Waals surface area (Å²) in [6.45, 7) is 1.52. The van der Waals surface area contributed by atoms with Gasteiger partial charge in [0, 0.05) is 0 Å². The summed E-state index contributed by atoms with van der Waals surface area (Å²) < 4.78 is 0. The fourth-order valence-corrected chi connectivity index (χ4v) is 1.74. The number of amides is 3. The van der Waals surface area contributed by atoms with E-state index in [0.717, 1.165) is 0 Å². The van der Waals surface area contributed by atoms with E-state index in [1.807, 2.05) is 6.07 Å². The smallest absolute Gasteiger partial charge is 0.239 e. The van der Waals surface area contributed by atoms with Gasteiger partial charge in [-0.25, -0.2) is 0 Å². The highest BCUT2D eigenvalue weighted by Crippen LogP contribution is 2.35. The highest BCUT2D eigenvalue weighted by atomic mass is 16.2. The standard InChI is InChI=1S/C10H11N3O3/c1-5-6(8(15)12-7(5)14)9(16)13-10(4-11)2-3-10/h5-6H,2-3H2,1H3,(H,13,16)(H,12,14,15). The van der Waals surface area contributed by atoms with Crippen molar-refractivity contribution >= 4 is 17.7 Å². The third-order valence-electron chi connectivity index (χ3n) is 3.05. The first-order chi connectivity index (χ1) is 7.49. The fraction of sp³-hybridized carbons (Fsp3) is 0.600. The third-order valence-corrected chi connectivity index (χ3v) is 3.05. The Labute approximate surface area is 92.0 Å². The molecule has 2 rings (SSSR count). The van der Waals surface area contributed by atoms with Crippen molar-refractivity contribution in [1.82, 2.24) is 10.6 Å². The molecule has 0 radical (unpaired) electrons. The van der Waals surface area contributed by atoms with Gasteiger partial charge in [-0.15, -0.1) is 0 Å². The first kappa shape index (κ1) is 10.6. The Morgan fingerprint density at radius 3 is 2.50 bits per heavy atom. The Hall–Kier alpha value is -1.90. The Kier molecular flexibility index (Phi) is 2.19. The molecule has 0 bridgehead atoms. The SMILES string of the molecule is CC1C(=O)NC(=O)C1C(=O)NC1(C#N)CC1. The molecule has 0 spiro atoms. The molecule has 2 N–H and O–H groups in total. The van der Waals surface area contributed by atoms with Crippen LogP contribution in [-0.4, -0.2) is 23.3 Å². The number of carbonyl (C=O) groups is 3. The van der Waals surface area contributed by atoms with Crippen LogP contribution in [0.3, 0.4) is 0 Å². The topological polar surface area (TPSA) is 99.1 Å². The molecular formula is C10H11N3O3. The number of rotatable bonds is 2. The normalized spacial score (nSPS) is 30.5. The van der Waals surface area contributed by atoms with Crippen molar-refractivity contribution < 1.29 is 14.4 Å². The van der Waals surface area contributed by atoms with E-state index in [9.17, 15) is 14.4 Å². The van der Waals surface area contributed by atoms with Gasteiger partial charge in [-0.1, -0.05) is 6.92 Å². The minimum Gasteiger partial charge on any atom is -0.337 e. The van der Waals surface area contributed by atoms with Crippen molar-refractivity contribution in [1.29, 1.82) is 5.26 Å². The van der Waals surface area contributed by atoms with Crippen LogP contribution < -0.4 is 10.6 Å².